The number of nitrogens with two attached hydrogens (primary N) is 1. The van der Waals surface area contributed by atoms with Gasteiger partial charge in [-0.05, 0) is 27.2 Å². The van der Waals surface area contributed by atoms with Crippen LogP contribution < -0.4 is 11.1 Å². The molecule has 0 aromatic carbocycles. The minimum atomic E-state index is 0. The van der Waals surface area contributed by atoms with Crippen LogP contribution in [-0.4, -0.2) is 42.4 Å². The van der Waals surface area contributed by atoms with Crippen molar-refractivity contribution in [1.29, 1.82) is 0 Å². The zero-order valence-electron chi connectivity index (χ0n) is 11.9. The predicted octanol–water partition coefficient (Wildman–Crippen LogP) is 1.57. The van der Waals surface area contributed by atoms with Crippen LogP contribution in [0.4, 0.5) is 0 Å². The molecule has 1 unspecified atom stereocenters. The van der Waals surface area contributed by atoms with Crippen LogP contribution in [0, 0.1) is 0 Å². The lowest BCUT2D eigenvalue weighted by atomic mass is 10.3. The number of nitrogens with one attached hydrogen (secondary N) is 1. The molecule has 0 aliphatic heterocycles. The number of nitrogens with zero attached hydrogens (tertiary/aromatic N) is 2. The Morgan fingerprint density at radius 2 is 1.89 bits per heavy atom. The first-order valence-electron chi connectivity index (χ1n) is 6.39. The van der Waals surface area contributed by atoms with Crippen LogP contribution in [-0.2, 0) is 4.79 Å². The van der Waals surface area contributed by atoms with Crippen molar-refractivity contribution in [2.75, 3.05) is 19.6 Å². The van der Waals surface area contributed by atoms with Crippen LogP contribution in [0.15, 0.2) is 4.99 Å². The van der Waals surface area contributed by atoms with E-state index in [-0.39, 0.29) is 29.9 Å². The first-order chi connectivity index (χ1) is 8.04. The third-order valence-electron chi connectivity index (χ3n) is 2.73. The van der Waals surface area contributed by atoms with Gasteiger partial charge in [-0.3, -0.25) is 9.79 Å². The largest absolute Gasteiger partial charge is 0.370 e. The highest BCUT2D eigenvalue weighted by Gasteiger charge is 2.08. The third-order valence-corrected chi connectivity index (χ3v) is 2.73. The average molecular weight is 370 g/mol. The molecule has 3 N–H and O–H groups in total. The number of carbonyl (C=O) groups excluding carboxylic acids is 1. The normalized spacial score (nSPS) is 12.6. The highest BCUT2D eigenvalue weighted by atomic mass is 127. The summed E-state index contributed by atoms with van der Waals surface area (Å²) in [7, 11) is 0. The van der Waals surface area contributed by atoms with Crippen molar-refractivity contribution in [3.8, 4) is 0 Å². The first-order valence-corrected chi connectivity index (χ1v) is 6.39. The number of hydrogen-bond donors (Lipinski definition) is 2. The zero-order chi connectivity index (χ0) is 13.3. The van der Waals surface area contributed by atoms with Crippen molar-refractivity contribution < 1.29 is 4.79 Å². The molecule has 0 aliphatic carbocycles. The number of carbonyl (C=O) groups is 1. The van der Waals surface area contributed by atoms with Gasteiger partial charge in [-0.2, -0.15) is 0 Å². The molecule has 0 heterocycles. The fraction of sp³-hybridized carbons (Fsp3) is 0.833. The molecular weight excluding hydrogens is 343 g/mol. The molecule has 1 atom stereocenters. The maximum Gasteiger partial charge on any atom is 0.224 e. The molecule has 0 spiro atoms. The van der Waals surface area contributed by atoms with Crippen molar-refractivity contribution in [3.63, 3.8) is 0 Å². The molecule has 0 aromatic rings. The average Bonchev–Trinajstić information content (AvgIpc) is 2.30. The summed E-state index contributed by atoms with van der Waals surface area (Å²) in [6.07, 6.45) is 1.42. The van der Waals surface area contributed by atoms with Crippen LogP contribution in [0.1, 0.15) is 40.5 Å². The second kappa shape index (κ2) is 11.6. The van der Waals surface area contributed by atoms with E-state index in [1.54, 1.807) is 4.90 Å². The number of amides is 1. The number of guanidine groups is 1. The van der Waals surface area contributed by atoms with E-state index in [4.69, 9.17) is 5.73 Å². The summed E-state index contributed by atoms with van der Waals surface area (Å²) >= 11 is 0. The second-order valence-electron chi connectivity index (χ2n) is 4.04. The van der Waals surface area contributed by atoms with Gasteiger partial charge in [0, 0.05) is 25.6 Å². The highest BCUT2D eigenvalue weighted by Crippen LogP contribution is 1.94. The predicted molar refractivity (Wildman–Crippen MR) is 87.3 cm³/mol. The van der Waals surface area contributed by atoms with Crippen LogP contribution in [0.2, 0.25) is 0 Å². The lowest BCUT2D eigenvalue weighted by molar-refractivity contribution is -0.130. The molecule has 0 rings (SSSR count). The van der Waals surface area contributed by atoms with E-state index >= 15 is 0 Å². The van der Waals surface area contributed by atoms with Gasteiger partial charge in [-0.25, -0.2) is 0 Å². The smallest absolute Gasteiger partial charge is 0.224 e. The quantitative estimate of drug-likeness (QED) is 0.406. The molecule has 18 heavy (non-hydrogen) atoms. The lowest BCUT2D eigenvalue weighted by Crippen LogP contribution is -2.38. The van der Waals surface area contributed by atoms with E-state index in [1.807, 2.05) is 20.8 Å². The molecule has 1 amide bonds. The Balaban J connectivity index is 0. The standard InChI is InChI=1S/C12H26N4O.HI/c1-5-10(4)15-12(13)14-9-8-11(17)16(6-2)7-3;/h10H,5-9H2,1-4H3,(H3,13,14,15);1H. The van der Waals surface area contributed by atoms with Gasteiger partial charge in [0.2, 0.25) is 5.91 Å². The summed E-state index contributed by atoms with van der Waals surface area (Å²) in [6.45, 7) is 10.0. The van der Waals surface area contributed by atoms with E-state index in [2.05, 4.69) is 17.2 Å². The van der Waals surface area contributed by atoms with Crippen molar-refractivity contribution in [1.82, 2.24) is 10.2 Å². The summed E-state index contributed by atoms with van der Waals surface area (Å²) in [5.41, 5.74) is 5.69. The summed E-state index contributed by atoms with van der Waals surface area (Å²) < 4.78 is 0. The molecule has 0 aromatic heterocycles. The molecule has 5 nitrogen and oxygen atoms in total. The molecular formula is C12H27IN4O. The maximum atomic E-state index is 11.7. The van der Waals surface area contributed by atoms with Gasteiger partial charge >= 0.3 is 0 Å². The van der Waals surface area contributed by atoms with Crippen molar-refractivity contribution >= 4 is 35.8 Å². The third kappa shape index (κ3) is 8.54. The summed E-state index contributed by atoms with van der Waals surface area (Å²) in [5.74, 6) is 0.557. The van der Waals surface area contributed by atoms with Gasteiger partial charge < -0.3 is 16.0 Å². The van der Waals surface area contributed by atoms with E-state index in [0.717, 1.165) is 19.5 Å². The Morgan fingerprint density at radius 1 is 1.33 bits per heavy atom. The SMILES string of the molecule is CCC(C)NC(N)=NCCC(=O)N(CC)CC.I. The molecule has 0 saturated carbocycles. The van der Waals surface area contributed by atoms with Gasteiger partial charge in [-0.1, -0.05) is 6.92 Å². The fourth-order valence-electron chi connectivity index (χ4n) is 1.41. The van der Waals surface area contributed by atoms with E-state index in [1.165, 1.54) is 0 Å². The number of halogens is 1. The Hall–Kier alpha value is -0.530. The molecule has 0 saturated heterocycles. The molecule has 0 bridgehead atoms. The molecule has 0 aliphatic rings. The first kappa shape index (κ1) is 19.8. The van der Waals surface area contributed by atoms with Gasteiger partial charge in [0.1, 0.15) is 0 Å². The minimum Gasteiger partial charge on any atom is -0.370 e. The van der Waals surface area contributed by atoms with Crippen molar-refractivity contribution in [3.05, 3.63) is 0 Å². The molecule has 0 radical (unpaired) electrons. The van der Waals surface area contributed by atoms with Crippen LogP contribution >= 0.6 is 24.0 Å². The second-order valence-corrected chi connectivity index (χ2v) is 4.04. The number of aliphatic imine (C=N–C) groups is 1. The maximum absolute atomic E-state index is 11.7. The molecule has 6 heteroatoms. The monoisotopic (exact) mass is 370 g/mol. The number of hydrogen-bond acceptors (Lipinski definition) is 2. The van der Waals surface area contributed by atoms with E-state index < -0.39 is 0 Å². The van der Waals surface area contributed by atoms with Gasteiger partial charge in [0.05, 0.1) is 6.54 Å². The molecule has 0 fully saturated rings. The topological polar surface area (TPSA) is 70.7 Å². The summed E-state index contributed by atoms with van der Waals surface area (Å²) in [5, 5.41) is 3.06. The van der Waals surface area contributed by atoms with Gasteiger partial charge in [-0.15, -0.1) is 24.0 Å². The Morgan fingerprint density at radius 3 is 2.33 bits per heavy atom. The van der Waals surface area contributed by atoms with Crippen LogP contribution in [0.3, 0.4) is 0 Å². The van der Waals surface area contributed by atoms with Crippen LogP contribution in [0.5, 0.6) is 0 Å². The fourth-order valence-corrected chi connectivity index (χ4v) is 1.41. The Labute approximate surface area is 128 Å². The van der Waals surface area contributed by atoms with Crippen molar-refractivity contribution in [2.24, 2.45) is 10.7 Å². The Bertz CT molecular complexity index is 254. The van der Waals surface area contributed by atoms with Gasteiger partial charge in [0.15, 0.2) is 5.96 Å². The minimum absolute atomic E-state index is 0. The zero-order valence-corrected chi connectivity index (χ0v) is 14.2. The summed E-state index contributed by atoms with van der Waals surface area (Å²) in [6, 6.07) is 0.317. The van der Waals surface area contributed by atoms with E-state index in [0.29, 0.717) is 25.0 Å². The summed E-state index contributed by atoms with van der Waals surface area (Å²) in [4.78, 5) is 17.6. The van der Waals surface area contributed by atoms with E-state index in [9.17, 15) is 4.79 Å². The van der Waals surface area contributed by atoms with Crippen LogP contribution in [0.25, 0.3) is 0 Å². The van der Waals surface area contributed by atoms with Crippen molar-refractivity contribution in [2.45, 2.75) is 46.6 Å². The number of rotatable bonds is 7. The lowest BCUT2D eigenvalue weighted by Gasteiger charge is -2.18. The Kier molecular flexibility index (Phi) is 12.7. The highest BCUT2D eigenvalue weighted by molar-refractivity contribution is 14.0. The van der Waals surface area contributed by atoms with Gasteiger partial charge in [0.25, 0.3) is 0 Å². The molecule has 108 valence electrons.